The van der Waals surface area contributed by atoms with Crippen molar-refractivity contribution in [3.8, 4) is 5.75 Å². The van der Waals surface area contributed by atoms with Gasteiger partial charge >= 0.3 is 0 Å². The summed E-state index contributed by atoms with van der Waals surface area (Å²) in [5, 5.41) is 13.9. The molecule has 0 atom stereocenters. The fraction of sp³-hybridized carbons (Fsp3) is 0.333. The topological polar surface area (TPSA) is 41.5 Å². The van der Waals surface area contributed by atoms with Crippen LogP contribution in [0.2, 0.25) is 10.0 Å². The first-order valence-corrected chi connectivity index (χ1v) is 9.07. The Balaban J connectivity index is 2.12. The van der Waals surface area contributed by atoms with Gasteiger partial charge in [0.15, 0.2) is 0 Å². The molecule has 0 unspecified atom stereocenters. The third kappa shape index (κ3) is 5.64. The lowest BCUT2D eigenvalue weighted by molar-refractivity contribution is 0.186. The van der Waals surface area contributed by atoms with Gasteiger partial charge < -0.3 is 15.2 Å². The van der Waals surface area contributed by atoms with Crippen molar-refractivity contribution in [3.05, 3.63) is 62.0 Å². The molecule has 0 aliphatic carbocycles. The lowest BCUT2D eigenvalue weighted by Gasteiger charge is -2.24. The van der Waals surface area contributed by atoms with Crippen LogP contribution < -0.4 is 10.1 Å². The van der Waals surface area contributed by atoms with Crippen molar-refractivity contribution in [2.75, 3.05) is 6.61 Å². The van der Waals surface area contributed by atoms with Gasteiger partial charge in [0.05, 0.1) is 6.61 Å². The summed E-state index contributed by atoms with van der Waals surface area (Å²) in [6, 6.07) is 11.2. The summed E-state index contributed by atoms with van der Waals surface area (Å²) in [5.74, 6) is 0.769. The molecule has 0 aliphatic heterocycles. The van der Waals surface area contributed by atoms with Gasteiger partial charge in [0, 0.05) is 37.7 Å². The number of ether oxygens (including phenoxy) is 1. The van der Waals surface area contributed by atoms with Crippen molar-refractivity contribution in [2.45, 2.75) is 32.5 Å². The van der Waals surface area contributed by atoms with E-state index >= 15 is 0 Å². The van der Waals surface area contributed by atoms with E-state index in [4.69, 9.17) is 27.9 Å². The van der Waals surface area contributed by atoms with E-state index in [1.807, 2.05) is 38.1 Å². The quantitative estimate of drug-likeness (QED) is 0.632. The number of halogens is 3. The van der Waals surface area contributed by atoms with Crippen molar-refractivity contribution in [1.82, 2.24) is 5.32 Å². The highest BCUT2D eigenvalue weighted by Gasteiger charge is 2.16. The number of aliphatic hydroxyl groups is 1. The highest BCUT2D eigenvalue weighted by Crippen LogP contribution is 2.27. The first kappa shape index (κ1) is 19.5. The fourth-order valence-corrected chi connectivity index (χ4v) is 2.88. The Bertz CT molecular complexity index is 707. The first-order valence-electron chi connectivity index (χ1n) is 7.52. The average molecular weight is 433 g/mol. The number of hydrogen-bond donors (Lipinski definition) is 2. The molecule has 2 N–H and O–H groups in total. The zero-order chi connectivity index (χ0) is 17.7. The summed E-state index contributed by atoms with van der Waals surface area (Å²) in [6.07, 6.45) is 0. The van der Waals surface area contributed by atoms with Crippen LogP contribution in [0.5, 0.6) is 5.75 Å². The predicted molar refractivity (Wildman–Crippen MR) is 103 cm³/mol. The van der Waals surface area contributed by atoms with Crippen LogP contribution in [-0.4, -0.2) is 17.3 Å². The van der Waals surface area contributed by atoms with E-state index in [2.05, 4.69) is 21.2 Å². The molecule has 0 amide bonds. The number of rotatable bonds is 7. The van der Waals surface area contributed by atoms with E-state index in [0.717, 1.165) is 21.3 Å². The number of nitrogens with one attached hydrogen (secondary N) is 1. The molecule has 0 radical (unpaired) electrons. The Morgan fingerprint density at radius 2 is 1.88 bits per heavy atom. The standard InChI is InChI=1S/C18H20BrCl2NO2/c1-18(2,11-23)22-9-13-7-14(19)4-6-17(13)24-10-12-3-5-15(20)8-16(12)21/h3-8,22-23H,9-11H2,1-2H3. The summed E-state index contributed by atoms with van der Waals surface area (Å²) in [7, 11) is 0. The summed E-state index contributed by atoms with van der Waals surface area (Å²) < 4.78 is 6.92. The molecular weight excluding hydrogens is 413 g/mol. The van der Waals surface area contributed by atoms with Crippen LogP contribution in [0.3, 0.4) is 0 Å². The van der Waals surface area contributed by atoms with Gasteiger partial charge in [-0.1, -0.05) is 45.2 Å². The maximum absolute atomic E-state index is 9.37. The summed E-state index contributed by atoms with van der Waals surface area (Å²) in [6.45, 7) is 4.88. The Morgan fingerprint density at radius 1 is 1.12 bits per heavy atom. The molecule has 0 saturated carbocycles. The molecule has 0 bridgehead atoms. The molecule has 0 aliphatic rings. The summed E-state index contributed by atoms with van der Waals surface area (Å²) >= 11 is 15.6. The number of benzene rings is 2. The minimum absolute atomic E-state index is 0.0532. The average Bonchev–Trinajstić information content (AvgIpc) is 2.53. The third-order valence-corrected chi connectivity index (χ3v) is 4.65. The van der Waals surface area contributed by atoms with Gasteiger partial charge in [0.2, 0.25) is 0 Å². The van der Waals surface area contributed by atoms with Gasteiger partial charge in [-0.3, -0.25) is 0 Å². The Labute approximate surface area is 161 Å². The van der Waals surface area contributed by atoms with E-state index in [0.29, 0.717) is 23.2 Å². The number of hydrogen-bond acceptors (Lipinski definition) is 3. The molecule has 0 aromatic heterocycles. The molecule has 0 heterocycles. The van der Waals surface area contributed by atoms with Crippen LogP contribution in [0.1, 0.15) is 25.0 Å². The highest BCUT2D eigenvalue weighted by atomic mass is 79.9. The van der Waals surface area contributed by atoms with Crippen molar-refractivity contribution in [1.29, 1.82) is 0 Å². The first-order chi connectivity index (χ1) is 11.3. The van der Waals surface area contributed by atoms with Crippen molar-refractivity contribution in [2.24, 2.45) is 0 Å². The lowest BCUT2D eigenvalue weighted by Crippen LogP contribution is -2.42. The minimum Gasteiger partial charge on any atom is -0.489 e. The smallest absolute Gasteiger partial charge is 0.124 e. The molecular formula is C18H20BrCl2NO2. The Morgan fingerprint density at radius 3 is 2.54 bits per heavy atom. The minimum atomic E-state index is -0.362. The van der Waals surface area contributed by atoms with E-state index in [-0.39, 0.29) is 12.1 Å². The van der Waals surface area contributed by atoms with Crippen LogP contribution in [0, 0.1) is 0 Å². The second kappa shape index (κ2) is 8.54. The van der Waals surface area contributed by atoms with Crippen molar-refractivity contribution in [3.63, 3.8) is 0 Å². The molecule has 6 heteroatoms. The molecule has 0 spiro atoms. The Kier molecular flexibility index (Phi) is 6.96. The van der Waals surface area contributed by atoms with Crippen LogP contribution in [0.15, 0.2) is 40.9 Å². The van der Waals surface area contributed by atoms with Gasteiger partial charge in [-0.15, -0.1) is 0 Å². The van der Waals surface area contributed by atoms with Crippen LogP contribution in [0.25, 0.3) is 0 Å². The van der Waals surface area contributed by atoms with E-state index in [1.54, 1.807) is 12.1 Å². The fourth-order valence-electron chi connectivity index (χ4n) is 2.01. The van der Waals surface area contributed by atoms with Gasteiger partial charge in [-0.25, -0.2) is 0 Å². The zero-order valence-electron chi connectivity index (χ0n) is 13.6. The van der Waals surface area contributed by atoms with Gasteiger partial charge in [-0.2, -0.15) is 0 Å². The van der Waals surface area contributed by atoms with Gasteiger partial charge in [-0.05, 0) is 44.2 Å². The molecule has 0 fully saturated rings. The highest BCUT2D eigenvalue weighted by molar-refractivity contribution is 9.10. The normalized spacial score (nSPS) is 11.6. The van der Waals surface area contributed by atoms with E-state index in [1.165, 1.54) is 0 Å². The second-order valence-corrected chi connectivity index (χ2v) is 7.93. The third-order valence-electron chi connectivity index (χ3n) is 3.57. The van der Waals surface area contributed by atoms with E-state index < -0.39 is 0 Å². The molecule has 2 aromatic rings. The summed E-state index contributed by atoms with van der Waals surface area (Å²) in [5.41, 5.74) is 1.51. The van der Waals surface area contributed by atoms with Crippen LogP contribution in [-0.2, 0) is 13.2 Å². The van der Waals surface area contributed by atoms with Crippen LogP contribution >= 0.6 is 39.1 Å². The maximum Gasteiger partial charge on any atom is 0.124 e. The molecule has 130 valence electrons. The number of aliphatic hydroxyl groups excluding tert-OH is 1. The van der Waals surface area contributed by atoms with Gasteiger partial charge in [0.1, 0.15) is 12.4 Å². The Hall–Kier alpha value is -0.780. The van der Waals surface area contributed by atoms with Crippen molar-refractivity contribution >= 4 is 39.1 Å². The van der Waals surface area contributed by atoms with Crippen LogP contribution in [0.4, 0.5) is 0 Å². The maximum atomic E-state index is 9.37. The monoisotopic (exact) mass is 431 g/mol. The summed E-state index contributed by atoms with van der Waals surface area (Å²) in [4.78, 5) is 0. The van der Waals surface area contributed by atoms with Gasteiger partial charge in [0.25, 0.3) is 0 Å². The largest absolute Gasteiger partial charge is 0.489 e. The second-order valence-electron chi connectivity index (χ2n) is 6.17. The SMILES string of the molecule is CC(C)(CO)NCc1cc(Br)ccc1OCc1ccc(Cl)cc1Cl. The zero-order valence-corrected chi connectivity index (χ0v) is 16.7. The van der Waals surface area contributed by atoms with Crippen molar-refractivity contribution < 1.29 is 9.84 Å². The van der Waals surface area contributed by atoms with E-state index in [9.17, 15) is 5.11 Å². The molecule has 3 nitrogen and oxygen atoms in total. The molecule has 2 rings (SSSR count). The lowest BCUT2D eigenvalue weighted by atomic mass is 10.1. The molecule has 0 saturated heterocycles. The molecule has 24 heavy (non-hydrogen) atoms. The molecule has 2 aromatic carbocycles. The predicted octanol–water partition coefficient (Wildman–Crippen LogP) is 5.20.